The Morgan fingerprint density at radius 3 is 2.21 bits per heavy atom. The van der Waals surface area contributed by atoms with E-state index in [-0.39, 0.29) is 0 Å². The maximum absolute atomic E-state index is 13.2. The minimum atomic E-state index is -5.45. The molecule has 8 heteroatoms. The molecule has 0 bridgehead atoms. The Hall–Kier alpha value is -0.571. The van der Waals surface area contributed by atoms with Crippen LogP contribution in [0.5, 0.6) is 0 Å². The summed E-state index contributed by atoms with van der Waals surface area (Å²) in [5, 5.41) is 0. The van der Waals surface area contributed by atoms with E-state index in [1.807, 2.05) is 0 Å². The van der Waals surface area contributed by atoms with E-state index in [2.05, 4.69) is 3.07 Å². The van der Waals surface area contributed by atoms with Crippen LogP contribution in [0.2, 0.25) is 0 Å². The Morgan fingerprint density at radius 1 is 1.21 bits per heavy atom. The molecule has 0 aliphatic carbocycles. The summed E-state index contributed by atoms with van der Waals surface area (Å²) in [4.78, 5) is 0. The zero-order valence-corrected chi connectivity index (χ0v) is 12.7. The predicted molar refractivity (Wildman–Crippen MR) is 58.1 cm³/mol. The summed E-state index contributed by atoms with van der Waals surface area (Å²) < 4.78 is 75.5. The van der Waals surface area contributed by atoms with E-state index in [0.717, 1.165) is 0 Å². The molecule has 1 rings (SSSR count). The van der Waals surface area contributed by atoms with E-state index in [1.165, 1.54) is 12.1 Å². The molecule has 0 saturated heterocycles. The zero-order chi connectivity index (χ0) is 14.7. The van der Waals surface area contributed by atoms with Gasteiger partial charge in [0.25, 0.3) is 0 Å². The Kier molecular flexibility index (Phi) is 5.42. The SMILES string of the molecule is CC(F)C(F)(F)[C](F)(F)[Sn](=[O])[O]Cc1ccccc1. The van der Waals surface area contributed by atoms with Crippen molar-refractivity contribution in [2.24, 2.45) is 0 Å². The molecule has 0 heterocycles. The fourth-order valence-electron chi connectivity index (χ4n) is 1.20. The van der Waals surface area contributed by atoms with Crippen molar-refractivity contribution in [1.82, 2.24) is 0 Å². The van der Waals surface area contributed by atoms with Crippen LogP contribution < -0.4 is 0 Å². The van der Waals surface area contributed by atoms with Gasteiger partial charge in [-0.2, -0.15) is 0 Å². The third-order valence-corrected chi connectivity index (χ3v) is 5.96. The van der Waals surface area contributed by atoms with Gasteiger partial charge in [0.1, 0.15) is 0 Å². The van der Waals surface area contributed by atoms with Crippen LogP contribution in [0.3, 0.4) is 0 Å². The van der Waals surface area contributed by atoms with Crippen molar-refractivity contribution in [3.63, 3.8) is 0 Å². The van der Waals surface area contributed by atoms with Gasteiger partial charge in [0.2, 0.25) is 0 Å². The zero-order valence-electron chi connectivity index (χ0n) is 9.88. The molecule has 1 aromatic rings. The summed E-state index contributed by atoms with van der Waals surface area (Å²) in [7, 11) is 0. The van der Waals surface area contributed by atoms with Crippen molar-refractivity contribution < 1.29 is 28.1 Å². The molecule has 1 aromatic carbocycles. The second-order valence-corrected chi connectivity index (χ2v) is 8.13. The molecule has 0 aromatic heterocycles. The summed E-state index contributed by atoms with van der Waals surface area (Å²) in [6.07, 6.45) is -3.10. The molecule has 0 amide bonds. The molecule has 0 saturated carbocycles. The first kappa shape index (κ1) is 16.5. The summed E-state index contributed by atoms with van der Waals surface area (Å²) in [5.74, 6) is -4.99. The van der Waals surface area contributed by atoms with Gasteiger partial charge in [0, 0.05) is 0 Å². The molecule has 19 heavy (non-hydrogen) atoms. The van der Waals surface area contributed by atoms with Crippen LogP contribution in [0.4, 0.5) is 22.0 Å². The van der Waals surface area contributed by atoms with Gasteiger partial charge in [-0.05, 0) is 0 Å². The molecule has 0 spiro atoms. The Bertz CT molecular complexity index is 436. The third kappa shape index (κ3) is 3.71. The van der Waals surface area contributed by atoms with Gasteiger partial charge in [-0.3, -0.25) is 0 Å². The first-order valence-corrected chi connectivity index (χ1v) is 9.06. The van der Waals surface area contributed by atoms with Crippen LogP contribution in [0, 0.1) is 0 Å². The topological polar surface area (TPSA) is 26.3 Å². The number of benzene rings is 1. The van der Waals surface area contributed by atoms with E-state index in [4.69, 9.17) is 0 Å². The molecule has 0 radical (unpaired) electrons. The number of halogens is 5. The molecular weight excluding hydrogens is 378 g/mol. The van der Waals surface area contributed by atoms with Gasteiger partial charge in [-0.25, -0.2) is 0 Å². The van der Waals surface area contributed by atoms with E-state index in [9.17, 15) is 25.0 Å². The van der Waals surface area contributed by atoms with E-state index < -0.39 is 42.8 Å². The van der Waals surface area contributed by atoms with E-state index in [1.54, 1.807) is 18.2 Å². The van der Waals surface area contributed by atoms with Crippen molar-refractivity contribution in [2.45, 2.75) is 29.6 Å². The monoisotopic (exact) mass is 390 g/mol. The van der Waals surface area contributed by atoms with Crippen LogP contribution in [0.15, 0.2) is 30.3 Å². The number of hydrogen-bond donors (Lipinski definition) is 0. The summed E-state index contributed by atoms with van der Waals surface area (Å²) in [6.45, 7) is -0.174. The molecule has 1 atom stereocenters. The summed E-state index contributed by atoms with van der Waals surface area (Å²) >= 11 is -5.45. The van der Waals surface area contributed by atoms with E-state index in [0.29, 0.717) is 12.5 Å². The van der Waals surface area contributed by atoms with Gasteiger partial charge >= 0.3 is 114 Å². The van der Waals surface area contributed by atoms with Crippen LogP contribution in [-0.2, 0) is 12.8 Å². The number of hydrogen-bond acceptors (Lipinski definition) is 2. The van der Waals surface area contributed by atoms with Gasteiger partial charge in [0.05, 0.1) is 0 Å². The van der Waals surface area contributed by atoms with Crippen molar-refractivity contribution in [3.8, 4) is 0 Å². The Labute approximate surface area is 114 Å². The molecule has 106 valence electrons. The minimum absolute atomic E-state index is 0.293. The third-order valence-electron chi connectivity index (χ3n) is 2.39. The van der Waals surface area contributed by atoms with E-state index >= 15 is 0 Å². The first-order chi connectivity index (χ1) is 8.69. The maximum atomic E-state index is 13.2. The molecular formula is C11H11F5O2Sn. The van der Waals surface area contributed by atoms with Crippen molar-refractivity contribution in [3.05, 3.63) is 35.9 Å². The molecule has 0 aliphatic heterocycles. The first-order valence-electron chi connectivity index (χ1n) is 5.30. The second kappa shape index (κ2) is 6.25. The van der Waals surface area contributed by atoms with Crippen molar-refractivity contribution in [2.75, 3.05) is 0 Å². The average molecular weight is 389 g/mol. The Balaban J connectivity index is 2.72. The average Bonchev–Trinajstić information content (AvgIpc) is 2.36. The van der Waals surface area contributed by atoms with Crippen LogP contribution in [0.1, 0.15) is 12.5 Å². The quantitative estimate of drug-likeness (QED) is 0.552. The van der Waals surface area contributed by atoms with Crippen molar-refractivity contribution >= 4 is 20.2 Å². The summed E-state index contributed by atoms with van der Waals surface area (Å²) in [5.41, 5.74) is 0.420. The number of alkyl halides is 5. The predicted octanol–water partition coefficient (Wildman–Crippen LogP) is 3.29. The fourth-order valence-corrected chi connectivity index (χ4v) is 3.91. The van der Waals surface area contributed by atoms with Crippen LogP contribution >= 0.6 is 0 Å². The molecule has 0 N–H and O–H groups in total. The standard InChI is InChI=1S/C7H7O.C4H4F5.O.Sn/c8-6-7-4-2-1-3-5-7;1-2(5)4(8,9)3(6)7;;/h1-5H,6H2;2H,1H3;;/q-1;;;+1. The second-order valence-electron chi connectivity index (χ2n) is 3.88. The number of rotatable bonds is 6. The molecule has 0 aliphatic rings. The summed E-state index contributed by atoms with van der Waals surface area (Å²) in [6, 6.07) is 7.84. The molecule has 1 unspecified atom stereocenters. The molecule has 2 nitrogen and oxygen atoms in total. The normalized spacial score (nSPS) is 14.2. The van der Waals surface area contributed by atoms with Gasteiger partial charge in [-0.1, -0.05) is 0 Å². The Morgan fingerprint density at radius 2 is 1.74 bits per heavy atom. The van der Waals surface area contributed by atoms with Gasteiger partial charge in [0.15, 0.2) is 0 Å². The molecule has 0 fully saturated rings. The van der Waals surface area contributed by atoms with Crippen molar-refractivity contribution in [1.29, 1.82) is 0 Å². The van der Waals surface area contributed by atoms with Crippen LogP contribution in [-0.4, -0.2) is 36.2 Å². The van der Waals surface area contributed by atoms with Crippen LogP contribution in [0.25, 0.3) is 0 Å². The fraction of sp³-hybridized carbons (Fsp3) is 0.455. The van der Waals surface area contributed by atoms with Gasteiger partial charge < -0.3 is 0 Å². The van der Waals surface area contributed by atoms with Gasteiger partial charge in [-0.15, -0.1) is 0 Å².